The first-order valence-corrected chi connectivity index (χ1v) is 9.37. The molecule has 3 aromatic rings. The van der Waals surface area contributed by atoms with Gasteiger partial charge in [-0.15, -0.1) is 0 Å². The first-order valence-electron chi connectivity index (χ1n) is 9.37. The van der Waals surface area contributed by atoms with Crippen molar-refractivity contribution in [2.75, 3.05) is 29.4 Å². The van der Waals surface area contributed by atoms with E-state index in [-0.39, 0.29) is 6.04 Å². The Hall–Kier alpha value is -3.91. The quantitative estimate of drug-likeness (QED) is 0.683. The third kappa shape index (κ3) is 3.61. The van der Waals surface area contributed by atoms with Crippen molar-refractivity contribution in [2.24, 2.45) is 7.05 Å². The van der Waals surface area contributed by atoms with Gasteiger partial charge in [-0.2, -0.15) is 15.6 Å². The second-order valence-electron chi connectivity index (χ2n) is 7.10. The van der Waals surface area contributed by atoms with Crippen LogP contribution in [0, 0.1) is 22.7 Å². The van der Waals surface area contributed by atoms with Crippen molar-refractivity contribution in [3.63, 3.8) is 0 Å². The Morgan fingerprint density at radius 1 is 1.14 bits per heavy atom. The second kappa shape index (κ2) is 7.61. The summed E-state index contributed by atoms with van der Waals surface area (Å²) in [6.45, 7) is 4.35. The minimum atomic E-state index is 0.195. The van der Waals surface area contributed by atoms with Crippen LogP contribution < -0.4 is 9.80 Å². The minimum Gasteiger partial charge on any atom is -0.365 e. The highest BCUT2D eigenvalue weighted by atomic mass is 15.3. The Morgan fingerprint density at radius 2 is 2.00 bits per heavy atom. The highest BCUT2D eigenvalue weighted by Crippen LogP contribution is 2.27. The van der Waals surface area contributed by atoms with Crippen LogP contribution >= 0.6 is 0 Å². The van der Waals surface area contributed by atoms with Crippen molar-refractivity contribution in [3.8, 4) is 23.5 Å². The molecule has 29 heavy (non-hydrogen) atoms. The molecular weight excluding hydrogens is 364 g/mol. The average molecular weight is 384 g/mol. The zero-order chi connectivity index (χ0) is 20.4. The van der Waals surface area contributed by atoms with Crippen molar-refractivity contribution in [2.45, 2.75) is 13.0 Å². The first-order chi connectivity index (χ1) is 14.1. The maximum Gasteiger partial charge on any atom is 0.164 e. The Kier molecular flexibility index (Phi) is 4.84. The fraction of sp³-hybridized carbons (Fsp3) is 0.286. The van der Waals surface area contributed by atoms with Gasteiger partial charge in [0.2, 0.25) is 0 Å². The molecule has 0 unspecified atom stereocenters. The summed E-state index contributed by atoms with van der Waals surface area (Å²) < 4.78 is 1.70. The summed E-state index contributed by atoms with van der Waals surface area (Å²) in [5.74, 6) is 1.21. The molecular formula is C21H20N8. The van der Waals surface area contributed by atoms with Crippen LogP contribution in [0.1, 0.15) is 18.1 Å². The molecule has 3 heterocycles. The van der Waals surface area contributed by atoms with E-state index in [9.17, 15) is 5.26 Å². The van der Waals surface area contributed by atoms with Gasteiger partial charge in [-0.1, -0.05) is 6.07 Å². The lowest BCUT2D eigenvalue weighted by Gasteiger charge is -2.42. The summed E-state index contributed by atoms with van der Waals surface area (Å²) in [6.07, 6.45) is 5.15. The molecule has 8 heteroatoms. The van der Waals surface area contributed by atoms with Gasteiger partial charge in [0.25, 0.3) is 0 Å². The Labute approximate surface area is 169 Å². The second-order valence-corrected chi connectivity index (χ2v) is 7.10. The molecule has 0 N–H and O–H groups in total. The molecule has 1 saturated heterocycles. The van der Waals surface area contributed by atoms with Crippen molar-refractivity contribution in [1.82, 2.24) is 19.7 Å². The maximum absolute atomic E-state index is 9.55. The molecule has 1 aromatic carbocycles. The van der Waals surface area contributed by atoms with Crippen LogP contribution in [0.2, 0.25) is 0 Å². The lowest BCUT2D eigenvalue weighted by atomic mass is 10.1. The number of nitrogens with zero attached hydrogens (tertiary/aromatic N) is 8. The summed E-state index contributed by atoms with van der Waals surface area (Å²) in [5, 5.41) is 22.9. The first kappa shape index (κ1) is 18.5. The normalized spacial score (nSPS) is 16.3. The van der Waals surface area contributed by atoms with Crippen molar-refractivity contribution >= 4 is 11.5 Å². The van der Waals surface area contributed by atoms with Crippen molar-refractivity contribution in [3.05, 3.63) is 54.0 Å². The highest BCUT2D eigenvalue weighted by molar-refractivity contribution is 5.62. The van der Waals surface area contributed by atoms with Gasteiger partial charge < -0.3 is 9.80 Å². The molecule has 1 fully saturated rings. The molecule has 8 nitrogen and oxygen atoms in total. The highest BCUT2D eigenvalue weighted by Gasteiger charge is 2.27. The van der Waals surface area contributed by atoms with E-state index in [1.54, 1.807) is 17.1 Å². The number of benzene rings is 1. The molecule has 0 aliphatic carbocycles. The zero-order valence-electron chi connectivity index (χ0n) is 16.3. The SMILES string of the molecule is C[C@@H]1CN(c2nc(-c3cnn(C)c3)ncc2C#N)CCN1c1cccc(C#N)c1. The van der Waals surface area contributed by atoms with E-state index >= 15 is 0 Å². The minimum absolute atomic E-state index is 0.195. The molecule has 1 aliphatic rings. The van der Waals surface area contributed by atoms with E-state index in [4.69, 9.17) is 5.26 Å². The van der Waals surface area contributed by atoms with Gasteiger partial charge in [-0.3, -0.25) is 4.68 Å². The van der Waals surface area contributed by atoms with Crippen LogP contribution in [-0.2, 0) is 7.05 Å². The van der Waals surface area contributed by atoms with Gasteiger partial charge in [-0.25, -0.2) is 9.97 Å². The number of aromatic nitrogens is 4. The van der Waals surface area contributed by atoms with Crippen LogP contribution in [0.15, 0.2) is 42.9 Å². The van der Waals surface area contributed by atoms with Gasteiger partial charge in [0.15, 0.2) is 11.6 Å². The molecule has 0 bridgehead atoms. The number of hydrogen-bond acceptors (Lipinski definition) is 7. The van der Waals surface area contributed by atoms with Crippen LogP contribution in [0.5, 0.6) is 0 Å². The number of hydrogen-bond donors (Lipinski definition) is 0. The third-order valence-electron chi connectivity index (χ3n) is 5.09. The van der Waals surface area contributed by atoms with E-state index in [1.807, 2.05) is 37.5 Å². The summed E-state index contributed by atoms with van der Waals surface area (Å²) in [6, 6.07) is 12.3. The lowest BCUT2D eigenvalue weighted by molar-refractivity contribution is 0.547. The number of nitriles is 2. The smallest absolute Gasteiger partial charge is 0.164 e. The monoisotopic (exact) mass is 384 g/mol. The molecule has 144 valence electrons. The third-order valence-corrected chi connectivity index (χ3v) is 5.09. The summed E-state index contributed by atoms with van der Waals surface area (Å²) >= 11 is 0. The molecule has 1 atom stereocenters. The van der Waals surface area contributed by atoms with Crippen LogP contribution in [0.4, 0.5) is 11.5 Å². The number of piperazine rings is 1. The van der Waals surface area contributed by atoms with Crippen LogP contribution in [-0.4, -0.2) is 45.4 Å². The van der Waals surface area contributed by atoms with E-state index < -0.39 is 0 Å². The van der Waals surface area contributed by atoms with Gasteiger partial charge >= 0.3 is 0 Å². The number of anilines is 2. The van der Waals surface area contributed by atoms with Crippen molar-refractivity contribution in [1.29, 1.82) is 10.5 Å². The van der Waals surface area contributed by atoms with Crippen LogP contribution in [0.25, 0.3) is 11.4 Å². The average Bonchev–Trinajstić information content (AvgIpc) is 3.19. The topological polar surface area (TPSA) is 97.7 Å². The van der Waals surface area contributed by atoms with Crippen molar-refractivity contribution < 1.29 is 0 Å². The fourth-order valence-electron chi connectivity index (χ4n) is 3.66. The van der Waals surface area contributed by atoms with E-state index in [2.05, 4.69) is 43.9 Å². The van der Waals surface area contributed by atoms with Gasteiger partial charge in [0.05, 0.1) is 29.6 Å². The summed E-state index contributed by atoms with van der Waals surface area (Å²) in [5.41, 5.74) is 2.97. The predicted octanol–water partition coefficient (Wildman–Crippen LogP) is 2.34. The maximum atomic E-state index is 9.55. The van der Waals surface area contributed by atoms with E-state index in [0.717, 1.165) is 30.9 Å². The standard InChI is InChI=1S/C21H20N8/c1-15-13-28(6-7-29(15)19-5-3-4-16(8-19)9-22)21-17(10-23)11-24-20(26-21)18-12-25-27(2)14-18/h3-5,8,11-12,14-15H,6-7,13H2,1-2H3/t15-/m1/s1. The van der Waals surface area contributed by atoms with E-state index in [0.29, 0.717) is 22.8 Å². The zero-order valence-corrected chi connectivity index (χ0v) is 16.3. The molecule has 0 spiro atoms. The molecule has 0 amide bonds. The van der Waals surface area contributed by atoms with Crippen LogP contribution in [0.3, 0.4) is 0 Å². The summed E-state index contributed by atoms with van der Waals surface area (Å²) in [7, 11) is 1.84. The fourth-order valence-corrected chi connectivity index (χ4v) is 3.66. The molecule has 1 aliphatic heterocycles. The van der Waals surface area contributed by atoms with E-state index in [1.165, 1.54) is 0 Å². The predicted molar refractivity (Wildman–Crippen MR) is 109 cm³/mol. The molecule has 0 radical (unpaired) electrons. The lowest BCUT2D eigenvalue weighted by Crippen LogP contribution is -2.52. The Bertz CT molecular complexity index is 1120. The number of rotatable bonds is 3. The largest absolute Gasteiger partial charge is 0.365 e. The van der Waals surface area contributed by atoms with Gasteiger partial charge in [0.1, 0.15) is 11.6 Å². The molecule has 4 rings (SSSR count). The molecule has 2 aromatic heterocycles. The van der Waals surface area contributed by atoms with Gasteiger partial charge in [-0.05, 0) is 25.1 Å². The Morgan fingerprint density at radius 3 is 2.69 bits per heavy atom. The number of aryl methyl sites for hydroxylation is 1. The summed E-state index contributed by atoms with van der Waals surface area (Å²) in [4.78, 5) is 13.4. The molecule has 0 saturated carbocycles. The Balaban J connectivity index is 1.60. The van der Waals surface area contributed by atoms with Gasteiger partial charge in [0, 0.05) is 44.6 Å².